The number of anilines is 1. The van der Waals surface area contributed by atoms with E-state index in [2.05, 4.69) is 31.1 Å². The van der Waals surface area contributed by atoms with Crippen LogP contribution in [0.4, 0.5) is 5.13 Å². The minimum Gasteiger partial charge on any atom is -0.466 e. The second kappa shape index (κ2) is 11.4. The molecule has 7 nitrogen and oxygen atoms in total. The van der Waals surface area contributed by atoms with E-state index in [1.54, 1.807) is 12.3 Å². The summed E-state index contributed by atoms with van der Waals surface area (Å²) in [5, 5.41) is 27.0. The molecule has 4 aliphatic carbocycles. The number of hydrogen-bond donors (Lipinski definition) is 3. The largest absolute Gasteiger partial charge is 0.466 e. The Morgan fingerprint density at radius 2 is 1.87 bits per heavy atom. The summed E-state index contributed by atoms with van der Waals surface area (Å²) in [4.78, 5) is 28.8. The van der Waals surface area contributed by atoms with E-state index in [1.165, 1.54) is 37.0 Å². The number of fused-ring (bicyclic) bond motifs is 5. The Balaban J connectivity index is 1.17. The SMILES string of the molecule is CCOC(=O)Cc1csc(NC(=O)CC[C@@H](C)[C@H]2CC[C@H]3[C@@H]4[C@@H](O)C[C@@H]5C[C@H](O)CC[C@]5(C)[C@H]4CC[C@]23C)n1. The summed E-state index contributed by atoms with van der Waals surface area (Å²) < 4.78 is 4.98. The topological polar surface area (TPSA) is 109 Å². The normalized spacial score (nSPS) is 40.2. The minimum absolute atomic E-state index is 0.0246. The van der Waals surface area contributed by atoms with Crippen molar-refractivity contribution < 1.29 is 24.5 Å². The van der Waals surface area contributed by atoms with Crippen LogP contribution in [-0.2, 0) is 20.7 Å². The summed E-state index contributed by atoms with van der Waals surface area (Å²) in [5.74, 6) is 2.59. The molecule has 4 aliphatic rings. The lowest BCUT2D eigenvalue weighted by Gasteiger charge is -2.62. The van der Waals surface area contributed by atoms with E-state index in [9.17, 15) is 19.8 Å². The van der Waals surface area contributed by atoms with Gasteiger partial charge in [-0.05, 0) is 111 Å². The van der Waals surface area contributed by atoms with Crippen LogP contribution < -0.4 is 5.32 Å². The fourth-order valence-electron chi connectivity index (χ4n) is 9.72. The molecule has 0 radical (unpaired) electrons. The van der Waals surface area contributed by atoms with Crippen LogP contribution >= 0.6 is 11.3 Å². The lowest BCUT2D eigenvalue weighted by atomic mass is 9.43. The number of hydrogen-bond acceptors (Lipinski definition) is 7. The lowest BCUT2D eigenvalue weighted by Crippen LogP contribution is -2.58. The molecule has 3 N–H and O–H groups in total. The highest BCUT2D eigenvalue weighted by atomic mass is 32.1. The molecule has 0 spiro atoms. The molecule has 0 aromatic carbocycles. The summed E-state index contributed by atoms with van der Waals surface area (Å²) in [6.45, 7) is 9.38. The molecule has 1 aromatic rings. The maximum atomic E-state index is 12.8. The summed E-state index contributed by atoms with van der Waals surface area (Å²) in [7, 11) is 0. The predicted octanol–water partition coefficient (Wildman–Crippen LogP) is 5.59. The Morgan fingerprint density at radius 1 is 1.13 bits per heavy atom. The number of esters is 1. The van der Waals surface area contributed by atoms with Gasteiger partial charge in [-0.1, -0.05) is 20.8 Å². The molecule has 0 unspecified atom stereocenters. The maximum Gasteiger partial charge on any atom is 0.311 e. The van der Waals surface area contributed by atoms with Crippen molar-refractivity contribution in [2.75, 3.05) is 11.9 Å². The zero-order valence-electron chi connectivity index (χ0n) is 24.2. The van der Waals surface area contributed by atoms with Gasteiger partial charge < -0.3 is 20.3 Å². The van der Waals surface area contributed by atoms with E-state index in [-0.39, 0.29) is 41.3 Å². The zero-order chi connectivity index (χ0) is 27.9. The third-order valence-corrected chi connectivity index (χ3v) is 12.5. The van der Waals surface area contributed by atoms with Crippen LogP contribution in [0.15, 0.2) is 5.38 Å². The average Bonchev–Trinajstić information content (AvgIpc) is 3.47. The number of aliphatic hydroxyl groups is 2. The van der Waals surface area contributed by atoms with Gasteiger partial charge in [0.05, 0.1) is 30.9 Å². The molecular formula is C31H48N2O5S. The molecule has 10 atom stereocenters. The number of carbonyl (C=O) groups excluding carboxylic acids is 2. The second-order valence-electron chi connectivity index (χ2n) is 13.6. The van der Waals surface area contributed by atoms with Crippen LogP contribution in [0, 0.1) is 46.3 Å². The van der Waals surface area contributed by atoms with E-state index >= 15 is 0 Å². The van der Waals surface area contributed by atoms with Crippen molar-refractivity contribution in [3.8, 4) is 0 Å². The third-order valence-electron chi connectivity index (χ3n) is 11.7. The van der Waals surface area contributed by atoms with Gasteiger partial charge in [-0.2, -0.15) is 0 Å². The monoisotopic (exact) mass is 560 g/mol. The second-order valence-corrected chi connectivity index (χ2v) is 14.5. The zero-order valence-corrected chi connectivity index (χ0v) is 25.0. The minimum atomic E-state index is -0.306. The van der Waals surface area contributed by atoms with Crippen molar-refractivity contribution in [1.82, 2.24) is 4.98 Å². The first-order valence-corrected chi connectivity index (χ1v) is 16.2. The Bertz CT molecular complexity index is 1050. The van der Waals surface area contributed by atoms with E-state index < -0.39 is 0 Å². The van der Waals surface area contributed by atoms with Gasteiger partial charge in [0.2, 0.25) is 5.91 Å². The van der Waals surface area contributed by atoms with Crippen molar-refractivity contribution in [3.63, 3.8) is 0 Å². The number of nitrogens with zero attached hydrogens (tertiary/aromatic N) is 1. The Morgan fingerprint density at radius 3 is 2.64 bits per heavy atom. The van der Waals surface area contributed by atoms with Gasteiger partial charge in [-0.3, -0.25) is 9.59 Å². The van der Waals surface area contributed by atoms with Gasteiger partial charge in [0.15, 0.2) is 5.13 Å². The van der Waals surface area contributed by atoms with Crippen LogP contribution in [0.3, 0.4) is 0 Å². The number of aliphatic hydroxyl groups excluding tert-OH is 2. The third kappa shape index (κ3) is 5.54. The molecule has 5 rings (SSSR count). The molecular weight excluding hydrogens is 512 g/mol. The first kappa shape index (κ1) is 29.0. The molecule has 218 valence electrons. The van der Waals surface area contributed by atoms with Gasteiger partial charge in [-0.15, -0.1) is 11.3 Å². The van der Waals surface area contributed by atoms with E-state index in [0.717, 1.165) is 32.1 Å². The van der Waals surface area contributed by atoms with Crippen molar-refractivity contribution in [2.24, 2.45) is 46.3 Å². The van der Waals surface area contributed by atoms with Crippen LogP contribution in [0.1, 0.15) is 97.6 Å². The molecule has 1 aromatic heterocycles. The quantitative estimate of drug-likeness (QED) is 0.358. The van der Waals surface area contributed by atoms with Crippen LogP contribution in [0.2, 0.25) is 0 Å². The van der Waals surface area contributed by atoms with Gasteiger partial charge in [0.25, 0.3) is 0 Å². The molecule has 0 saturated heterocycles. The highest BCUT2D eigenvalue weighted by molar-refractivity contribution is 7.13. The average molecular weight is 561 g/mol. The number of amides is 1. The van der Waals surface area contributed by atoms with Gasteiger partial charge in [0.1, 0.15) is 0 Å². The molecule has 1 amide bonds. The first-order valence-electron chi connectivity index (χ1n) is 15.3. The number of ether oxygens (including phenoxy) is 1. The van der Waals surface area contributed by atoms with Gasteiger partial charge in [-0.25, -0.2) is 4.98 Å². The maximum absolute atomic E-state index is 12.8. The summed E-state index contributed by atoms with van der Waals surface area (Å²) in [6.07, 6.45) is 9.43. The number of carbonyl (C=O) groups is 2. The standard InChI is InChI=1S/C31H48N2O5S/c1-5-38-27(37)16-20-17-39-29(32-20)33-26(36)9-6-18(2)22-7-8-23-28-24(11-13-31(22,23)4)30(3)12-10-21(34)14-19(30)15-25(28)35/h17-19,21-25,28,34-35H,5-16H2,1-4H3,(H,32,33,36)/t18-,19+,21-,22-,23+,24+,25+,28+,30+,31-/m1/s1. The fourth-order valence-corrected chi connectivity index (χ4v) is 10.4. The van der Waals surface area contributed by atoms with E-state index in [4.69, 9.17) is 4.74 Å². The Labute approximate surface area is 237 Å². The molecule has 4 saturated carbocycles. The molecule has 0 bridgehead atoms. The van der Waals surface area contributed by atoms with Crippen molar-refractivity contribution in [2.45, 2.75) is 111 Å². The lowest BCUT2D eigenvalue weighted by molar-refractivity contribution is -0.174. The molecule has 1 heterocycles. The van der Waals surface area contributed by atoms with Crippen LogP contribution in [0.25, 0.3) is 0 Å². The summed E-state index contributed by atoms with van der Waals surface area (Å²) >= 11 is 1.34. The van der Waals surface area contributed by atoms with Crippen molar-refractivity contribution in [3.05, 3.63) is 11.1 Å². The number of rotatable bonds is 8. The van der Waals surface area contributed by atoms with Gasteiger partial charge >= 0.3 is 5.97 Å². The van der Waals surface area contributed by atoms with Crippen molar-refractivity contribution >= 4 is 28.3 Å². The predicted molar refractivity (Wildman–Crippen MR) is 152 cm³/mol. The summed E-state index contributed by atoms with van der Waals surface area (Å²) in [6, 6.07) is 0. The van der Waals surface area contributed by atoms with Gasteiger partial charge in [0, 0.05) is 11.8 Å². The first-order chi connectivity index (χ1) is 18.5. The molecule has 0 aliphatic heterocycles. The molecule has 39 heavy (non-hydrogen) atoms. The van der Waals surface area contributed by atoms with Crippen LogP contribution in [-0.4, -0.2) is 45.9 Å². The molecule has 4 fully saturated rings. The smallest absolute Gasteiger partial charge is 0.311 e. The highest BCUT2D eigenvalue weighted by Crippen LogP contribution is 2.68. The van der Waals surface area contributed by atoms with Crippen LogP contribution in [0.5, 0.6) is 0 Å². The Kier molecular flexibility index (Phi) is 8.48. The molecule has 8 heteroatoms. The highest BCUT2D eigenvalue weighted by Gasteiger charge is 2.62. The number of aromatic nitrogens is 1. The summed E-state index contributed by atoms with van der Waals surface area (Å²) in [5.41, 5.74) is 1.09. The fraction of sp³-hybridized carbons (Fsp3) is 0.839. The van der Waals surface area contributed by atoms with E-state index in [0.29, 0.717) is 59.4 Å². The Hall–Kier alpha value is -1.51. The number of nitrogens with one attached hydrogen (secondary N) is 1. The number of thiazole rings is 1. The van der Waals surface area contributed by atoms with E-state index in [1.807, 2.05) is 0 Å². The van der Waals surface area contributed by atoms with Crippen molar-refractivity contribution in [1.29, 1.82) is 0 Å².